The second kappa shape index (κ2) is 6.78. The predicted octanol–water partition coefficient (Wildman–Crippen LogP) is 3.75. The zero-order valence-electron chi connectivity index (χ0n) is 13.2. The lowest BCUT2D eigenvalue weighted by Crippen LogP contribution is -2.34. The number of hydrogen-bond acceptors (Lipinski definition) is 4. The molecule has 0 aromatic carbocycles. The zero-order chi connectivity index (χ0) is 18.1. The Balaban J connectivity index is 2.50. The van der Waals surface area contributed by atoms with Gasteiger partial charge in [-0.1, -0.05) is 0 Å². The molecule has 0 aromatic rings. The maximum Gasteiger partial charge on any atom is 0.343 e. The minimum atomic E-state index is -2.88. The van der Waals surface area contributed by atoms with Crippen molar-refractivity contribution < 1.29 is 32.2 Å². The van der Waals surface area contributed by atoms with Crippen LogP contribution in [-0.4, -0.2) is 41.8 Å². The molecule has 1 saturated carbocycles. The molecule has 0 amide bonds. The Morgan fingerprint density at radius 3 is 2.67 bits per heavy atom. The smallest absolute Gasteiger partial charge is 0.343 e. The van der Waals surface area contributed by atoms with Crippen molar-refractivity contribution in [2.45, 2.75) is 44.6 Å². The van der Waals surface area contributed by atoms with Crippen molar-refractivity contribution in [2.24, 2.45) is 4.99 Å². The van der Waals surface area contributed by atoms with E-state index < -0.39 is 46.4 Å². The van der Waals surface area contributed by atoms with Gasteiger partial charge in [0.15, 0.2) is 23.5 Å². The minimum Gasteiger partial charge on any atom is -0.506 e. The van der Waals surface area contributed by atoms with Crippen LogP contribution in [0.3, 0.4) is 0 Å². The van der Waals surface area contributed by atoms with Gasteiger partial charge in [0.05, 0.1) is 18.2 Å². The molecule has 2 aliphatic carbocycles. The van der Waals surface area contributed by atoms with Gasteiger partial charge in [-0.2, -0.15) is 0 Å². The SMILES string of the molecule is CCOC(=O)/C(C=NC1CC1)=C(/O)C1=CC(C)(F)C(F)C(F)=C1F. The van der Waals surface area contributed by atoms with E-state index >= 15 is 0 Å². The molecule has 0 heterocycles. The van der Waals surface area contributed by atoms with E-state index in [0.29, 0.717) is 13.0 Å². The molecular weight excluding hydrogens is 330 g/mol. The third kappa shape index (κ3) is 3.68. The highest BCUT2D eigenvalue weighted by Crippen LogP contribution is 2.40. The molecule has 2 aliphatic rings. The van der Waals surface area contributed by atoms with Gasteiger partial charge < -0.3 is 9.84 Å². The van der Waals surface area contributed by atoms with Gasteiger partial charge in [-0.25, -0.2) is 22.4 Å². The van der Waals surface area contributed by atoms with Gasteiger partial charge in [-0.05, 0) is 32.8 Å². The Kier molecular flexibility index (Phi) is 5.15. The maximum absolute atomic E-state index is 14.1. The Morgan fingerprint density at radius 2 is 2.12 bits per heavy atom. The zero-order valence-corrected chi connectivity index (χ0v) is 13.2. The number of alkyl halides is 2. The summed E-state index contributed by atoms with van der Waals surface area (Å²) in [6, 6.07) is -0.0265. The normalized spacial score (nSPS) is 28.8. The van der Waals surface area contributed by atoms with Crippen LogP contribution < -0.4 is 0 Å². The van der Waals surface area contributed by atoms with Crippen molar-refractivity contribution in [1.29, 1.82) is 0 Å². The van der Waals surface area contributed by atoms with Crippen LogP contribution in [0.2, 0.25) is 0 Å². The van der Waals surface area contributed by atoms with Crippen LogP contribution >= 0.6 is 0 Å². The largest absolute Gasteiger partial charge is 0.506 e. The highest BCUT2D eigenvalue weighted by Gasteiger charge is 2.44. The van der Waals surface area contributed by atoms with Crippen LogP contribution in [0.15, 0.2) is 39.6 Å². The topological polar surface area (TPSA) is 58.9 Å². The number of allylic oxidation sites excluding steroid dienone is 3. The fraction of sp³-hybridized carbons (Fsp3) is 0.500. The lowest BCUT2D eigenvalue weighted by atomic mass is 9.90. The van der Waals surface area contributed by atoms with Crippen LogP contribution in [0.5, 0.6) is 0 Å². The number of rotatable bonds is 5. The van der Waals surface area contributed by atoms with Crippen molar-refractivity contribution in [3.05, 3.63) is 34.6 Å². The second-order valence-electron chi connectivity index (χ2n) is 5.73. The van der Waals surface area contributed by atoms with Crippen molar-refractivity contribution >= 4 is 12.2 Å². The molecule has 1 N–H and O–H groups in total. The number of ether oxygens (including phenoxy) is 1. The average molecular weight is 347 g/mol. The summed E-state index contributed by atoms with van der Waals surface area (Å²) in [5, 5.41) is 10.2. The Hall–Kier alpha value is -2.12. The van der Waals surface area contributed by atoms with Crippen LogP contribution in [-0.2, 0) is 9.53 Å². The van der Waals surface area contributed by atoms with E-state index in [1.807, 2.05) is 0 Å². The number of hydrogen-bond donors (Lipinski definition) is 1. The van der Waals surface area contributed by atoms with Gasteiger partial charge >= 0.3 is 5.97 Å². The molecule has 0 saturated heterocycles. The first kappa shape index (κ1) is 18.2. The highest BCUT2D eigenvalue weighted by molar-refractivity contribution is 6.10. The minimum absolute atomic E-state index is 0.0265. The molecule has 2 rings (SSSR count). The number of halogens is 4. The number of carbonyl (C=O) groups excluding carboxylic acids is 1. The number of nitrogens with zero attached hydrogens (tertiary/aromatic N) is 1. The van der Waals surface area contributed by atoms with Crippen molar-refractivity contribution in [1.82, 2.24) is 0 Å². The highest BCUT2D eigenvalue weighted by atomic mass is 19.2. The van der Waals surface area contributed by atoms with Gasteiger partial charge in [-0.15, -0.1) is 0 Å². The molecular formula is C16H17F4NO3. The first-order valence-corrected chi connectivity index (χ1v) is 7.44. The third-order valence-corrected chi connectivity index (χ3v) is 3.56. The average Bonchev–Trinajstić information content (AvgIpc) is 3.33. The van der Waals surface area contributed by atoms with E-state index in [2.05, 4.69) is 4.99 Å². The summed E-state index contributed by atoms with van der Waals surface area (Å²) in [7, 11) is 0. The van der Waals surface area contributed by atoms with Crippen molar-refractivity contribution in [2.75, 3.05) is 6.61 Å². The predicted molar refractivity (Wildman–Crippen MR) is 79.5 cm³/mol. The maximum atomic E-state index is 14.1. The standard InChI is InChI=1S/C16H17F4NO3/c1-3-24-15(23)10(7-21-8-4-5-8)13(22)9-6-16(2,20)14(19)12(18)11(9)17/h6-8,14,22H,3-5H2,1-2H3/b13-10+,21-7?. The molecule has 0 spiro atoms. The molecule has 2 atom stereocenters. The summed E-state index contributed by atoms with van der Waals surface area (Å²) >= 11 is 0. The fourth-order valence-electron chi connectivity index (χ4n) is 2.05. The van der Waals surface area contributed by atoms with E-state index in [1.54, 1.807) is 0 Å². The van der Waals surface area contributed by atoms with Crippen molar-refractivity contribution in [3.8, 4) is 0 Å². The quantitative estimate of drug-likeness (QED) is 0.271. The first-order chi connectivity index (χ1) is 11.2. The fourth-order valence-corrected chi connectivity index (χ4v) is 2.05. The van der Waals surface area contributed by atoms with Gasteiger partial charge in [0.25, 0.3) is 0 Å². The summed E-state index contributed by atoms with van der Waals surface area (Å²) in [5.74, 6) is -5.83. The number of aliphatic imine (C=N–C) groups is 1. The molecule has 132 valence electrons. The lowest BCUT2D eigenvalue weighted by molar-refractivity contribution is -0.138. The summed E-state index contributed by atoms with van der Waals surface area (Å²) in [5.41, 5.74) is -4.38. The summed E-state index contributed by atoms with van der Waals surface area (Å²) in [4.78, 5) is 15.9. The summed E-state index contributed by atoms with van der Waals surface area (Å²) in [6.45, 7) is 2.17. The number of carbonyl (C=O) groups is 1. The van der Waals surface area contributed by atoms with Gasteiger partial charge in [0, 0.05) is 6.21 Å². The Morgan fingerprint density at radius 1 is 1.50 bits per heavy atom. The lowest BCUT2D eigenvalue weighted by Gasteiger charge is -2.26. The van der Waals surface area contributed by atoms with E-state index in [4.69, 9.17) is 4.74 Å². The molecule has 8 heteroatoms. The molecule has 1 fully saturated rings. The summed E-state index contributed by atoms with van der Waals surface area (Å²) < 4.78 is 59.8. The van der Waals surface area contributed by atoms with Crippen LogP contribution in [0.1, 0.15) is 26.7 Å². The summed E-state index contributed by atoms with van der Waals surface area (Å²) in [6.07, 6.45) is 0.139. The van der Waals surface area contributed by atoms with Crippen LogP contribution in [0.4, 0.5) is 17.6 Å². The second-order valence-corrected chi connectivity index (χ2v) is 5.73. The molecule has 2 unspecified atom stereocenters. The molecule has 0 bridgehead atoms. The van der Waals surface area contributed by atoms with Crippen LogP contribution in [0.25, 0.3) is 0 Å². The number of esters is 1. The Labute approximate surface area is 136 Å². The van der Waals surface area contributed by atoms with Gasteiger partial charge in [0.2, 0.25) is 0 Å². The van der Waals surface area contributed by atoms with Gasteiger partial charge in [0.1, 0.15) is 11.3 Å². The first-order valence-electron chi connectivity index (χ1n) is 7.44. The number of aliphatic hydroxyl groups is 1. The number of aliphatic hydroxyl groups excluding tert-OH is 1. The molecule has 0 aliphatic heterocycles. The molecule has 0 radical (unpaired) electrons. The van der Waals surface area contributed by atoms with Crippen molar-refractivity contribution in [3.63, 3.8) is 0 Å². The van der Waals surface area contributed by atoms with E-state index in [9.17, 15) is 27.5 Å². The molecule has 4 nitrogen and oxygen atoms in total. The monoisotopic (exact) mass is 347 g/mol. The molecule has 0 aromatic heterocycles. The Bertz CT molecular complexity index is 660. The van der Waals surface area contributed by atoms with E-state index in [-0.39, 0.29) is 12.6 Å². The van der Waals surface area contributed by atoms with E-state index in [1.165, 1.54) is 6.92 Å². The third-order valence-electron chi connectivity index (χ3n) is 3.56. The van der Waals surface area contributed by atoms with E-state index in [0.717, 1.165) is 19.1 Å². The van der Waals surface area contributed by atoms with Gasteiger partial charge in [-0.3, -0.25) is 4.99 Å². The van der Waals surface area contributed by atoms with Crippen LogP contribution in [0, 0.1) is 0 Å². The molecule has 24 heavy (non-hydrogen) atoms.